The van der Waals surface area contributed by atoms with Crippen LogP contribution in [0.25, 0.3) is 0 Å². The Balaban J connectivity index is 1.86. The van der Waals surface area contributed by atoms with Crippen LogP contribution in [0.3, 0.4) is 0 Å². The maximum atomic E-state index is 12.2. The van der Waals surface area contributed by atoms with Crippen molar-refractivity contribution in [3.63, 3.8) is 0 Å². The van der Waals surface area contributed by atoms with E-state index in [1.54, 1.807) is 24.3 Å². The first-order valence-corrected chi connectivity index (χ1v) is 8.14. The van der Waals surface area contributed by atoms with Crippen LogP contribution in [0.1, 0.15) is 54.3 Å². The van der Waals surface area contributed by atoms with Gasteiger partial charge in [-0.2, -0.15) is 0 Å². The largest absolute Gasteiger partial charge is 0.465 e. The van der Waals surface area contributed by atoms with Crippen LogP contribution < -0.4 is 0 Å². The Kier molecular flexibility index (Phi) is 5.26. The van der Waals surface area contributed by atoms with Crippen LogP contribution >= 0.6 is 0 Å². The van der Waals surface area contributed by atoms with Gasteiger partial charge >= 0.3 is 6.09 Å². The highest BCUT2D eigenvalue weighted by Crippen LogP contribution is 2.22. The molecule has 1 N–H and O–H groups in total. The minimum Gasteiger partial charge on any atom is -0.465 e. The predicted molar refractivity (Wildman–Crippen MR) is 90.1 cm³/mol. The standard InChI is InChI=1S/C18H24N2O4/c1-18(2,3)12-19(17(23)24)10-6-7-11-20-15(21)13-8-4-5-9-14(13)16(20)22/h4-5,8-9H,6-7,10-12H2,1-3H3,(H,23,24). The van der Waals surface area contributed by atoms with Gasteiger partial charge in [0.25, 0.3) is 11.8 Å². The first kappa shape index (κ1) is 18.0. The van der Waals surface area contributed by atoms with Crippen molar-refractivity contribution in [1.82, 2.24) is 9.80 Å². The lowest BCUT2D eigenvalue weighted by Crippen LogP contribution is -2.38. The van der Waals surface area contributed by atoms with E-state index in [-0.39, 0.29) is 17.2 Å². The number of rotatable bonds is 6. The Labute approximate surface area is 142 Å². The summed E-state index contributed by atoms with van der Waals surface area (Å²) in [5.41, 5.74) is 0.783. The van der Waals surface area contributed by atoms with E-state index in [1.807, 2.05) is 20.8 Å². The highest BCUT2D eigenvalue weighted by atomic mass is 16.4. The van der Waals surface area contributed by atoms with Crippen molar-refractivity contribution in [2.24, 2.45) is 5.41 Å². The second kappa shape index (κ2) is 7.03. The molecule has 6 nitrogen and oxygen atoms in total. The maximum Gasteiger partial charge on any atom is 0.407 e. The number of imide groups is 1. The number of carbonyl (C=O) groups is 3. The summed E-state index contributed by atoms with van der Waals surface area (Å²) in [6.45, 7) is 7.13. The molecule has 1 aromatic carbocycles. The average Bonchev–Trinajstić information content (AvgIpc) is 2.74. The van der Waals surface area contributed by atoms with E-state index in [9.17, 15) is 19.5 Å². The van der Waals surface area contributed by atoms with Crippen molar-refractivity contribution in [1.29, 1.82) is 0 Å². The van der Waals surface area contributed by atoms with Crippen LogP contribution in [0.2, 0.25) is 0 Å². The number of benzene rings is 1. The molecular formula is C18H24N2O4. The number of unbranched alkanes of at least 4 members (excludes halogenated alkanes) is 1. The van der Waals surface area contributed by atoms with Gasteiger partial charge in [0.1, 0.15) is 0 Å². The van der Waals surface area contributed by atoms with Gasteiger partial charge in [0.05, 0.1) is 11.1 Å². The highest BCUT2D eigenvalue weighted by molar-refractivity contribution is 6.21. The summed E-state index contributed by atoms with van der Waals surface area (Å²) in [5, 5.41) is 9.26. The summed E-state index contributed by atoms with van der Waals surface area (Å²) in [4.78, 5) is 38.4. The Morgan fingerprint density at radius 2 is 1.62 bits per heavy atom. The van der Waals surface area contributed by atoms with Gasteiger partial charge in [0, 0.05) is 19.6 Å². The molecule has 0 saturated carbocycles. The molecule has 1 aliphatic rings. The van der Waals surface area contributed by atoms with E-state index in [1.165, 1.54) is 9.80 Å². The number of amides is 3. The van der Waals surface area contributed by atoms with Crippen LogP contribution in [-0.2, 0) is 0 Å². The Bertz CT molecular complexity index is 614. The lowest BCUT2D eigenvalue weighted by molar-refractivity contribution is 0.0648. The minimum atomic E-state index is -0.939. The van der Waals surface area contributed by atoms with Crippen LogP contribution in [-0.4, -0.2) is 52.4 Å². The van der Waals surface area contributed by atoms with E-state index in [4.69, 9.17) is 0 Å². The molecule has 6 heteroatoms. The molecule has 1 aromatic rings. The molecule has 130 valence electrons. The molecule has 2 rings (SSSR count). The van der Waals surface area contributed by atoms with E-state index in [2.05, 4.69) is 0 Å². The zero-order valence-corrected chi connectivity index (χ0v) is 14.4. The summed E-state index contributed by atoms with van der Waals surface area (Å²) in [6.07, 6.45) is 0.250. The van der Waals surface area contributed by atoms with E-state index < -0.39 is 6.09 Å². The lowest BCUT2D eigenvalue weighted by Gasteiger charge is -2.27. The minimum absolute atomic E-state index is 0.110. The van der Waals surface area contributed by atoms with Gasteiger partial charge in [0.15, 0.2) is 0 Å². The molecule has 0 radical (unpaired) electrons. The average molecular weight is 332 g/mol. The number of hydrogen-bond donors (Lipinski definition) is 1. The van der Waals surface area contributed by atoms with E-state index >= 15 is 0 Å². The topological polar surface area (TPSA) is 77.9 Å². The van der Waals surface area contributed by atoms with Crippen molar-refractivity contribution in [2.45, 2.75) is 33.6 Å². The van der Waals surface area contributed by atoms with Gasteiger partial charge in [-0.05, 0) is 30.4 Å². The molecular weight excluding hydrogens is 308 g/mol. The highest BCUT2D eigenvalue weighted by Gasteiger charge is 2.34. The van der Waals surface area contributed by atoms with Crippen molar-refractivity contribution in [2.75, 3.05) is 19.6 Å². The molecule has 0 atom stereocenters. The third-order valence-electron chi connectivity index (χ3n) is 3.87. The molecule has 0 unspecified atom stereocenters. The van der Waals surface area contributed by atoms with Gasteiger partial charge in [-0.3, -0.25) is 14.5 Å². The Morgan fingerprint density at radius 1 is 1.08 bits per heavy atom. The van der Waals surface area contributed by atoms with Gasteiger partial charge < -0.3 is 10.0 Å². The molecule has 1 aliphatic heterocycles. The molecule has 0 aliphatic carbocycles. The second-order valence-corrected chi connectivity index (χ2v) is 7.28. The molecule has 0 saturated heterocycles. The number of carbonyl (C=O) groups excluding carboxylic acids is 2. The first-order valence-electron chi connectivity index (χ1n) is 8.14. The molecule has 0 fully saturated rings. The summed E-state index contributed by atoms with van der Waals surface area (Å²) < 4.78 is 0. The Morgan fingerprint density at radius 3 is 2.08 bits per heavy atom. The zero-order valence-electron chi connectivity index (χ0n) is 14.4. The fourth-order valence-corrected chi connectivity index (χ4v) is 2.83. The summed E-state index contributed by atoms with van der Waals surface area (Å²) in [7, 11) is 0. The lowest BCUT2D eigenvalue weighted by atomic mass is 9.96. The molecule has 0 aromatic heterocycles. The maximum absolute atomic E-state index is 12.2. The second-order valence-electron chi connectivity index (χ2n) is 7.28. The van der Waals surface area contributed by atoms with Crippen molar-refractivity contribution in [3.05, 3.63) is 35.4 Å². The molecule has 3 amide bonds. The molecule has 0 spiro atoms. The fraction of sp³-hybridized carbons (Fsp3) is 0.500. The van der Waals surface area contributed by atoms with Crippen LogP contribution in [0.15, 0.2) is 24.3 Å². The van der Waals surface area contributed by atoms with Crippen molar-refractivity contribution in [3.8, 4) is 0 Å². The number of carboxylic acid groups (broad SMARTS) is 1. The summed E-state index contributed by atoms with van der Waals surface area (Å²) in [6, 6.07) is 6.80. The van der Waals surface area contributed by atoms with Crippen LogP contribution in [0, 0.1) is 5.41 Å². The van der Waals surface area contributed by atoms with Crippen LogP contribution in [0.5, 0.6) is 0 Å². The van der Waals surface area contributed by atoms with Gasteiger partial charge in [-0.1, -0.05) is 32.9 Å². The smallest absolute Gasteiger partial charge is 0.407 e. The van der Waals surface area contributed by atoms with Crippen LogP contribution in [0.4, 0.5) is 4.79 Å². The summed E-state index contributed by atoms with van der Waals surface area (Å²) >= 11 is 0. The number of fused-ring (bicyclic) bond motifs is 1. The molecule has 1 heterocycles. The SMILES string of the molecule is CC(C)(C)CN(CCCCN1C(=O)c2ccccc2C1=O)C(=O)O. The Hall–Kier alpha value is -2.37. The quantitative estimate of drug-likeness (QED) is 0.641. The number of nitrogens with zero attached hydrogens (tertiary/aromatic N) is 2. The number of hydrogen-bond acceptors (Lipinski definition) is 3. The first-order chi connectivity index (χ1) is 11.2. The predicted octanol–water partition coefficient (Wildman–Crippen LogP) is 3.09. The van der Waals surface area contributed by atoms with Gasteiger partial charge in [-0.15, -0.1) is 0 Å². The van der Waals surface area contributed by atoms with E-state index in [0.717, 1.165) is 0 Å². The third-order valence-corrected chi connectivity index (χ3v) is 3.87. The fourth-order valence-electron chi connectivity index (χ4n) is 2.83. The summed E-state index contributed by atoms with van der Waals surface area (Å²) in [5.74, 6) is -0.527. The van der Waals surface area contributed by atoms with Gasteiger partial charge in [-0.25, -0.2) is 4.79 Å². The van der Waals surface area contributed by atoms with E-state index in [0.29, 0.717) is 43.6 Å². The molecule has 0 bridgehead atoms. The van der Waals surface area contributed by atoms with Crippen molar-refractivity contribution >= 4 is 17.9 Å². The monoisotopic (exact) mass is 332 g/mol. The van der Waals surface area contributed by atoms with Crippen molar-refractivity contribution < 1.29 is 19.5 Å². The third kappa shape index (κ3) is 4.13. The normalized spacial score (nSPS) is 14.0. The van der Waals surface area contributed by atoms with Gasteiger partial charge in [0.2, 0.25) is 0 Å². The molecule has 24 heavy (non-hydrogen) atoms. The zero-order chi connectivity index (χ0) is 17.9.